The third kappa shape index (κ3) is 21.6. The van der Waals surface area contributed by atoms with E-state index in [4.69, 9.17) is 0 Å². The highest BCUT2D eigenvalue weighted by Crippen LogP contribution is 2.45. The molecule has 0 aromatic heterocycles. The maximum absolute atomic E-state index is 2.71. The molecule has 6 heteroatoms. The lowest BCUT2D eigenvalue weighted by molar-refractivity contribution is 0.257. The highest BCUT2D eigenvalue weighted by molar-refractivity contribution is 7.60. The van der Waals surface area contributed by atoms with Crippen LogP contribution in [-0.4, -0.2) is 81.5 Å². The average molecular weight is 528 g/mol. The van der Waals surface area contributed by atoms with Crippen molar-refractivity contribution in [3.05, 3.63) is 35.4 Å². The molecule has 1 aromatic carbocycles. The second kappa shape index (κ2) is 20.7. The van der Waals surface area contributed by atoms with E-state index in [0.29, 0.717) is 15.8 Å². The van der Waals surface area contributed by atoms with Gasteiger partial charge in [0.25, 0.3) is 0 Å². The van der Waals surface area contributed by atoms with Crippen LogP contribution in [-0.2, 0) is 6.54 Å². The number of hydrogen-bond donors (Lipinski definition) is 0. The average Bonchev–Trinajstić information content (AvgIpc) is 2.56. The minimum absolute atomic E-state index is 0. The molecule has 2 atom stereocenters. The van der Waals surface area contributed by atoms with E-state index < -0.39 is 0 Å². The second-order valence-electron chi connectivity index (χ2n) is 9.51. The van der Waals surface area contributed by atoms with Crippen LogP contribution in [0.15, 0.2) is 24.3 Å². The Morgan fingerprint density at radius 1 is 0.677 bits per heavy atom. The van der Waals surface area contributed by atoms with Crippen molar-refractivity contribution in [1.82, 2.24) is 4.67 Å². The molecule has 0 amide bonds. The lowest BCUT2D eigenvalue weighted by atomic mass is 10.1. The molecule has 0 aliphatic rings. The van der Waals surface area contributed by atoms with Gasteiger partial charge in [-0.3, -0.25) is 4.67 Å². The number of rotatable bonds is 9. The molecule has 0 spiro atoms. The fraction of sp³-hybridized carbons (Fsp3) is 0.760. The largest absolute Gasteiger partial charge is 0.273 e. The van der Waals surface area contributed by atoms with E-state index in [9.17, 15) is 0 Å². The van der Waals surface area contributed by atoms with E-state index in [-0.39, 0.29) is 46.3 Å². The van der Waals surface area contributed by atoms with Crippen molar-refractivity contribution in [2.24, 2.45) is 0 Å². The van der Waals surface area contributed by atoms with Crippen LogP contribution in [0.3, 0.4) is 0 Å². The van der Waals surface area contributed by atoms with Crippen LogP contribution < -0.4 is 0 Å². The zero-order valence-electron chi connectivity index (χ0n) is 21.3. The Labute approximate surface area is 207 Å². The molecule has 0 N–H and O–H groups in total. The Morgan fingerprint density at radius 3 is 1.35 bits per heavy atom. The molecule has 0 aliphatic carbocycles. The van der Waals surface area contributed by atoms with Crippen molar-refractivity contribution in [2.75, 3.05) is 71.3 Å². The molecule has 0 radical (unpaired) electrons. The smallest absolute Gasteiger partial charge is 0.0278 e. The quantitative estimate of drug-likeness (QED) is 0.290. The normalized spacial score (nSPS) is 12.0. The Balaban J connectivity index is -0.000000287. The Hall–Kier alpha value is 1.33. The van der Waals surface area contributed by atoms with Crippen molar-refractivity contribution in [2.45, 2.75) is 54.6 Å². The Bertz CT molecular complexity index is 502. The number of aryl methyl sites for hydroxylation is 1. The lowest BCUT2D eigenvalue weighted by Gasteiger charge is -2.40. The van der Waals surface area contributed by atoms with Gasteiger partial charge in [0, 0.05) is 12.1 Å². The van der Waals surface area contributed by atoms with Gasteiger partial charge >= 0.3 is 0 Å². The summed E-state index contributed by atoms with van der Waals surface area (Å²) >= 11 is 0. The van der Waals surface area contributed by atoms with Crippen LogP contribution in [0.4, 0.5) is 0 Å². The standard InChI is InChI=1S/C17H31NP2.C6H16P2.2CH4.H3P/c1-15-8-10-16(11-9-15)14-18(17(2,3)4)20(7)13-12-19(5)6;1-7(2)5-6-8(3)4;;;/h8-11H,12-14H2,1-7H3;5-6H2,1-4H3;2*1H4;1H3. The molecule has 1 aromatic rings. The third-order valence-electron chi connectivity index (χ3n) is 4.50. The van der Waals surface area contributed by atoms with Gasteiger partial charge in [-0.1, -0.05) is 44.7 Å². The first-order valence-corrected chi connectivity index (χ1v) is 19.5. The van der Waals surface area contributed by atoms with Gasteiger partial charge in [0.2, 0.25) is 0 Å². The molecule has 0 heterocycles. The zero-order valence-corrected chi connectivity index (χ0v) is 26.3. The van der Waals surface area contributed by atoms with Crippen LogP contribution in [0, 0.1) is 6.92 Å². The van der Waals surface area contributed by atoms with Crippen LogP contribution in [0.2, 0.25) is 0 Å². The SMILES string of the molecule is C.C.CP(C)CCP(C)C.Cc1ccc(CN(P(C)CCP(C)C)C(C)(C)C)cc1.P. The first kappa shape index (κ1) is 39.5. The van der Waals surface area contributed by atoms with Crippen molar-refractivity contribution in [1.29, 1.82) is 0 Å². The Morgan fingerprint density at radius 2 is 1.03 bits per heavy atom. The van der Waals surface area contributed by atoms with Gasteiger partial charge in [0.05, 0.1) is 0 Å². The monoisotopic (exact) mass is 527 g/mol. The highest BCUT2D eigenvalue weighted by Gasteiger charge is 2.26. The van der Waals surface area contributed by atoms with E-state index in [1.807, 2.05) is 0 Å². The predicted octanol–water partition coefficient (Wildman–Crippen LogP) is 9.16. The Kier molecular flexibility index (Phi) is 26.4. The molecular formula is C25H58NP5. The first-order valence-electron chi connectivity index (χ1n) is 10.3. The van der Waals surface area contributed by atoms with Crippen molar-refractivity contribution < 1.29 is 0 Å². The highest BCUT2D eigenvalue weighted by atomic mass is 31.1. The fourth-order valence-corrected chi connectivity index (χ4v) is 10.2. The number of benzene rings is 1. The molecule has 0 aliphatic heterocycles. The molecule has 1 rings (SSSR count). The molecule has 1 nitrogen and oxygen atoms in total. The molecule has 0 bridgehead atoms. The summed E-state index contributed by atoms with van der Waals surface area (Å²) in [6, 6.07) is 9.02. The lowest BCUT2D eigenvalue weighted by Crippen LogP contribution is -2.37. The molecule has 188 valence electrons. The van der Waals surface area contributed by atoms with Crippen LogP contribution >= 0.6 is 41.7 Å². The van der Waals surface area contributed by atoms with Gasteiger partial charge in [-0.15, -0.1) is 23.8 Å². The predicted molar refractivity (Wildman–Crippen MR) is 170 cm³/mol. The summed E-state index contributed by atoms with van der Waals surface area (Å²) in [6.45, 7) is 26.9. The van der Waals surface area contributed by atoms with E-state index in [0.717, 1.165) is 6.54 Å². The zero-order chi connectivity index (χ0) is 21.9. The van der Waals surface area contributed by atoms with E-state index >= 15 is 0 Å². The summed E-state index contributed by atoms with van der Waals surface area (Å²) in [7, 11) is 0.952. The summed E-state index contributed by atoms with van der Waals surface area (Å²) in [4.78, 5) is 0. The van der Waals surface area contributed by atoms with Gasteiger partial charge < -0.3 is 0 Å². The molecule has 0 saturated heterocycles. The van der Waals surface area contributed by atoms with Crippen LogP contribution in [0.1, 0.15) is 46.8 Å². The topological polar surface area (TPSA) is 3.24 Å². The minimum atomic E-state index is -0.0464. The van der Waals surface area contributed by atoms with E-state index in [2.05, 4.69) is 103 Å². The summed E-state index contributed by atoms with van der Waals surface area (Å²) in [5, 5.41) is 0. The van der Waals surface area contributed by atoms with Gasteiger partial charge in [-0.05, 0) is 113 Å². The molecule has 31 heavy (non-hydrogen) atoms. The van der Waals surface area contributed by atoms with Gasteiger partial charge in [0.1, 0.15) is 0 Å². The van der Waals surface area contributed by atoms with Crippen LogP contribution in [0.25, 0.3) is 0 Å². The summed E-state index contributed by atoms with van der Waals surface area (Å²) in [6.07, 6.45) is 5.73. The number of hydrogen-bond acceptors (Lipinski definition) is 1. The van der Waals surface area contributed by atoms with Crippen molar-refractivity contribution in [3.63, 3.8) is 0 Å². The van der Waals surface area contributed by atoms with Gasteiger partial charge in [-0.2, -0.15) is 9.90 Å². The third-order valence-corrected chi connectivity index (χ3v) is 11.0. The molecular weight excluding hydrogens is 469 g/mol. The summed E-state index contributed by atoms with van der Waals surface area (Å²) in [5.41, 5.74) is 3.03. The first-order chi connectivity index (χ1) is 12.8. The molecule has 2 unspecified atom stereocenters. The maximum atomic E-state index is 2.71. The summed E-state index contributed by atoms with van der Waals surface area (Å²) < 4.78 is 2.71. The van der Waals surface area contributed by atoms with Crippen molar-refractivity contribution in [3.8, 4) is 0 Å². The number of nitrogens with zero attached hydrogens (tertiary/aromatic N) is 1. The minimum Gasteiger partial charge on any atom is -0.273 e. The second-order valence-corrected chi connectivity index (χ2v) is 19.6. The molecule has 0 fully saturated rings. The van der Waals surface area contributed by atoms with E-state index in [1.54, 1.807) is 0 Å². The van der Waals surface area contributed by atoms with Gasteiger partial charge in [-0.25, -0.2) is 0 Å². The van der Waals surface area contributed by atoms with Crippen molar-refractivity contribution >= 4 is 41.7 Å². The summed E-state index contributed by atoms with van der Waals surface area (Å²) in [5.74, 6) is 0. The van der Waals surface area contributed by atoms with Gasteiger partial charge in [0.15, 0.2) is 0 Å². The van der Waals surface area contributed by atoms with Crippen LogP contribution in [0.5, 0.6) is 0 Å². The maximum Gasteiger partial charge on any atom is 0.0278 e. The van der Waals surface area contributed by atoms with E-state index in [1.165, 1.54) is 35.8 Å². The molecule has 0 saturated carbocycles. The fourth-order valence-electron chi connectivity index (χ4n) is 2.60.